The van der Waals surface area contributed by atoms with Crippen molar-refractivity contribution in [3.05, 3.63) is 36.7 Å². The van der Waals surface area contributed by atoms with Crippen LogP contribution in [0.2, 0.25) is 0 Å². The molecule has 0 radical (unpaired) electrons. The maximum atomic E-state index is 5.09. The van der Waals surface area contributed by atoms with Gasteiger partial charge in [-0.05, 0) is 24.3 Å². The molecule has 0 saturated heterocycles. The minimum atomic E-state index is 0.797. The summed E-state index contributed by atoms with van der Waals surface area (Å²) in [7, 11) is 1.64. The SMILES string of the molecule is COc1ccc(-n2cccn2)c(S)c1. The minimum Gasteiger partial charge on any atom is -0.497 e. The molecule has 1 heterocycles. The summed E-state index contributed by atoms with van der Waals surface area (Å²) in [6, 6.07) is 7.54. The Kier molecular flexibility index (Phi) is 2.45. The van der Waals surface area contributed by atoms with E-state index in [1.165, 1.54) is 0 Å². The maximum absolute atomic E-state index is 5.09. The molecule has 0 bridgehead atoms. The van der Waals surface area contributed by atoms with E-state index in [2.05, 4.69) is 17.7 Å². The molecule has 1 aromatic carbocycles. The summed E-state index contributed by atoms with van der Waals surface area (Å²) < 4.78 is 6.85. The smallest absolute Gasteiger partial charge is 0.120 e. The average molecular weight is 206 g/mol. The van der Waals surface area contributed by atoms with Crippen LogP contribution in [0.15, 0.2) is 41.6 Å². The third-order valence-corrected chi connectivity index (χ3v) is 2.29. The van der Waals surface area contributed by atoms with Gasteiger partial charge in [0.2, 0.25) is 0 Å². The van der Waals surface area contributed by atoms with Crippen molar-refractivity contribution in [2.45, 2.75) is 4.90 Å². The van der Waals surface area contributed by atoms with E-state index in [9.17, 15) is 0 Å². The van der Waals surface area contributed by atoms with Gasteiger partial charge in [-0.1, -0.05) is 0 Å². The third-order valence-electron chi connectivity index (χ3n) is 1.93. The molecule has 0 atom stereocenters. The molecule has 0 saturated carbocycles. The monoisotopic (exact) mass is 206 g/mol. The Morgan fingerprint density at radius 1 is 1.43 bits per heavy atom. The molecule has 0 fully saturated rings. The van der Waals surface area contributed by atoms with Gasteiger partial charge in [0.05, 0.1) is 12.8 Å². The predicted molar refractivity (Wildman–Crippen MR) is 57.4 cm³/mol. The first-order chi connectivity index (χ1) is 6.81. The van der Waals surface area contributed by atoms with Gasteiger partial charge in [-0.25, -0.2) is 4.68 Å². The fraction of sp³-hybridized carbons (Fsp3) is 0.100. The van der Waals surface area contributed by atoms with Gasteiger partial charge < -0.3 is 4.74 Å². The highest BCUT2D eigenvalue weighted by Crippen LogP contribution is 2.23. The zero-order valence-electron chi connectivity index (χ0n) is 7.71. The minimum absolute atomic E-state index is 0.797. The van der Waals surface area contributed by atoms with Crippen molar-refractivity contribution < 1.29 is 4.74 Å². The highest BCUT2D eigenvalue weighted by atomic mass is 32.1. The van der Waals surface area contributed by atoms with Crippen LogP contribution in [0.3, 0.4) is 0 Å². The van der Waals surface area contributed by atoms with Crippen molar-refractivity contribution >= 4 is 12.6 Å². The second-order valence-electron chi connectivity index (χ2n) is 2.81. The van der Waals surface area contributed by atoms with E-state index in [-0.39, 0.29) is 0 Å². The molecule has 3 nitrogen and oxygen atoms in total. The van der Waals surface area contributed by atoms with Crippen molar-refractivity contribution in [3.63, 3.8) is 0 Å². The first kappa shape index (κ1) is 9.15. The molecule has 4 heteroatoms. The number of benzene rings is 1. The van der Waals surface area contributed by atoms with Crippen molar-refractivity contribution in [2.75, 3.05) is 7.11 Å². The molecule has 0 aliphatic carbocycles. The van der Waals surface area contributed by atoms with Gasteiger partial charge in [0, 0.05) is 17.3 Å². The summed E-state index contributed by atoms with van der Waals surface area (Å²) in [6.07, 6.45) is 3.61. The van der Waals surface area contributed by atoms with E-state index in [0.29, 0.717) is 0 Å². The third kappa shape index (κ3) is 1.61. The Labute approximate surface area is 87.7 Å². The van der Waals surface area contributed by atoms with Crippen LogP contribution in [-0.2, 0) is 0 Å². The summed E-state index contributed by atoms with van der Waals surface area (Å²) in [5.41, 5.74) is 0.944. The van der Waals surface area contributed by atoms with Crippen molar-refractivity contribution in [1.29, 1.82) is 0 Å². The fourth-order valence-corrected chi connectivity index (χ4v) is 1.54. The van der Waals surface area contributed by atoms with Gasteiger partial charge in [0.1, 0.15) is 5.75 Å². The maximum Gasteiger partial charge on any atom is 0.120 e. The largest absolute Gasteiger partial charge is 0.497 e. The second-order valence-corrected chi connectivity index (χ2v) is 3.29. The number of aromatic nitrogens is 2. The Bertz CT molecular complexity index is 426. The quantitative estimate of drug-likeness (QED) is 0.762. The molecular weight excluding hydrogens is 196 g/mol. The number of rotatable bonds is 2. The van der Waals surface area contributed by atoms with Crippen molar-refractivity contribution in [3.8, 4) is 11.4 Å². The van der Waals surface area contributed by atoms with E-state index in [4.69, 9.17) is 4.74 Å². The lowest BCUT2D eigenvalue weighted by Crippen LogP contribution is -1.95. The Morgan fingerprint density at radius 2 is 2.29 bits per heavy atom. The number of methoxy groups -OCH3 is 1. The molecule has 0 N–H and O–H groups in total. The highest BCUT2D eigenvalue weighted by Gasteiger charge is 2.02. The van der Waals surface area contributed by atoms with Gasteiger partial charge >= 0.3 is 0 Å². The number of hydrogen-bond donors (Lipinski definition) is 1. The zero-order chi connectivity index (χ0) is 9.97. The van der Waals surface area contributed by atoms with E-state index < -0.39 is 0 Å². The molecule has 0 aliphatic heterocycles. The van der Waals surface area contributed by atoms with Crippen LogP contribution in [-0.4, -0.2) is 16.9 Å². The molecule has 1 aromatic heterocycles. The molecule has 0 amide bonds. The predicted octanol–water partition coefficient (Wildman–Crippen LogP) is 2.17. The van der Waals surface area contributed by atoms with Crippen LogP contribution >= 0.6 is 12.6 Å². The van der Waals surface area contributed by atoms with E-state index in [1.54, 1.807) is 18.0 Å². The summed E-state index contributed by atoms with van der Waals surface area (Å²) >= 11 is 4.37. The number of thiol groups is 1. The topological polar surface area (TPSA) is 27.1 Å². The van der Waals surface area contributed by atoms with E-state index in [0.717, 1.165) is 16.3 Å². The van der Waals surface area contributed by atoms with Crippen molar-refractivity contribution in [2.24, 2.45) is 0 Å². The normalized spacial score (nSPS) is 10.1. The molecule has 2 aromatic rings. The lowest BCUT2D eigenvalue weighted by atomic mass is 10.3. The Hall–Kier alpha value is -1.42. The lowest BCUT2D eigenvalue weighted by molar-refractivity contribution is 0.413. The average Bonchev–Trinajstić information content (AvgIpc) is 2.70. The van der Waals surface area contributed by atoms with Crippen molar-refractivity contribution in [1.82, 2.24) is 9.78 Å². The molecule has 0 spiro atoms. The fourth-order valence-electron chi connectivity index (χ4n) is 1.24. The van der Waals surface area contributed by atoms with Crippen LogP contribution in [0.1, 0.15) is 0 Å². The molecular formula is C10H10N2OS. The summed E-state index contributed by atoms with van der Waals surface area (Å²) in [6.45, 7) is 0. The van der Waals surface area contributed by atoms with Crippen LogP contribution in [0, 0.1) is 0 Å². The summed E-state index contributed by atoms with van der Waals surface area (Å²) in [4.78, 5) is 0.841. The van der Waals surface area contributed by atoms with Gasteiger partial charge in [-0.2, -0.15) is 5.10 Å². The molecule has 2 rings (SSSR count). The Morgan fingerprint density at radius 3 is 2.86 bits per heavy atom. The summed E-state index contributed by atoms with van der Waals surface area (Å²) in [5.74, 6) is 0.797. The molecule has 72 valence electrons. The molecule has 14 heavy (non-hydrogen) atoms. The molecule has 0 unspecified atom stereocenters. The second kappa shape index (κ2) is 3.75. The van der Waals surface area contributed by atoms with Gasteiger partial charge in [0.25, 0.3) is 0 Å². The first-order valence-corrected chi connectivity index (χ1v) is 4.63. The van der Waals surface area contributed by atoms with Gasteiger partial charge in [-0.15, -0.1) is 12.6 Å². The van der Waals surface area contributed by atoms with Crippen LogP contribution in [0.25, 0.3) is 5.69 Å². The van der Waals surface area contributed by atoms with E-state index in [1.807, 2.05) is 30.5 Å². The number of hydrogen-bond acceptors (Lipinski definition) is 3. The lowest BCUT2D eigenvalue weighted by Gasteiger charge is -2.06. The first-order valence-electron chi connectivity index (χ1n) is 4.18. The number of nitrogens with zero attached hydrogens (tertiary/aromatic N) is 2. The van der Waals surface area contributed by atoms with Crippen LogP contribution in [0.4, 0.5) is 0 Å². The van der Waals surface area contributed by atoms with Crippen LogP contribution < -0.4 is 4.74 Å². The Balaban J connectivity index is 2.46. The zero-order valence-corrected chi connectivity index (χ0v) is 8.61. The van der Waals surface area contributed by atoms with E-state index >= 15 is 0 Å². The number of ether oxygens (including phenoxy) is 1. The standard InChI is InChI=1S/C10H10N2OS/c1-13-8-3-4-9(10(14)7-8)12-6-2-5-11-12/h2-7,14H,1H3. The van der Waals surface area contributed by atoms with Crippen LogP contribution in [0.5, 0.6) is 5.75 Å². The van der Waals surface area contributed by atoms with Gasteiger partial charge in [0.15, 0.2) is 0 Å². The summed E-state index contributed by atoms with van der Waals surface area (Å²) in [5, 5.41) is 4.13. The van der Waals surface area contributed by atoms with Gasteiger partial charge in [-0.3, -0.25) is 0 Å². The highest BCUT2D eigenvalue weighted by molar-refractivity contribution is 7.80. The molecule has 0 aliphatic rings.